The number of amides is 1. The number of aryl methyl sites for hydroxylation is 3. The van der Waals surface area contributed by atoms with Crippen molar-refractivity contribution >= 4 is 34.0 Å². The van der Waals surface area contributed by atoms with E-state index in [1.165, 1.54) is 4.90 Å². The van der Waals surface area contributed by atoms with E-state index in [1.807, 2.05) is 93.2 Å². The SMILES string of the molecule is CCOc1ccc(/C(O)=C2\C(=O)C(=O)N(c3cc(C)cc(C)c3)C2c2cn(C)c3ccccc23)cc1C(C)C. The molecule has 4 aromatic rings. The number of nitrogens with zero attached hydrogens (tertiary/aromatic N) is 2. The van der Waals surface area contributed by atoms with Crippen LogP contribution in [0, 0.1) is 13.8 Å². The number of benzene rings is 3. The summed E-state index contributed by atoms with van der Waals surface area (Å²) in [5, 5.41) is 12.7. The summed E-state index contributed by atoms with van der Waals surface area (Å²) in [6.07, 6.45) is 1.95. The van der Waals surface area contributed by atoms with E-state index in [2.05, 4.69) is 13.8 Å². The van der Waals surface area contributed by atoms with Gasteiger partial charge in [-0.05, 0) is 79.8 Å². The number of carbonyl (C=O) groups is 2. The minimum absolute atomic E-state index is 0.0781. The number of hydrogen-bond donors (Lipinski definition) is 1. The molecule has 2 heterocycles. The number of aliphatic hydroxyl groups excluding tert-OH is 1. The molecule has 3 aromatic carbocycles. The maximum absolute atomic E-state index is 13.7. The van der Waals surface area contributed by atoms with Crippen LogP contribution in [0.4, 0.5) is 5.69 Å². The van der Waals surface area contributed by atoms with Crippen LogP contribution in [0.1, 0.15) is 60.5 Å². The van der Waals surface area contributed by atoms with Gasteiger partial charge in [0.2, 0.25) is 0 Å². The molecule has 1 fully saturated rings. The van der Waals surface area contributed by atoms with Crippen LogP contribution in [-0.4, -0.2) is 28.0 Å². The van der Waals surface area contributed by atoms with E-state index in [9.17, 15) is 14.7 Å². The van der Waals surface area contributed by atoms with Gasteiger partial charge in [0.1, 0.15) is 11.5 Å². The third kappa shape index (κ3) is 4.50. The molecule has 1 N–H and O–H groups in total. The second-order valence-corrected chi connectivity index (χ2v) is 10.6. The molecule has 200 valence electrons. The van der Waals surface area contributed by atoms with Gasteiger partial charge >= 0.3 is 0 Å². The van der Waals surface area contributed by atoms with Crippen LogP contribution in [0.25, 0.3) is 16.7 Å². The number of fused-ring (bicyclic) bond motifs is 1. The maximum Gasteiger partial charge on any atom is 0.300 e. The molecule has 1 amide bonds. The lowest BCUT2D eigenvalue weighted by atomic mass is 9.92. The Labute approximate surface area is 229 Å². The fourth-order valence-electron chi connectivity index (χ4n) is 5.66. The van der Waals surface area contributed by atoms with Gasteiger partial charge in [0.15, 0.2) is 0 Å². The zero-order valence-electron chi connectivity index (χ0n) is 23.3. The van der Waals surface area contributed by atoms with Crippen molar-refractivity contribution in [1.29, 1.82) is 0 Å². The average Bonchev–Trinajstić information content (AvgIpc) is 3.36. The molecule has 0 saturated carbocycles. The standard InChI is InChI=1S/C33H34N2O4/c1-7-39-28-13-12-22(17-25(28)19(2)3)31(36)29-30(26-18-34(6)27-11-9-8-10-24(26)27)35(33(38)32(29)37)23-15-20(4)14-21(5)16-23/h8-19,30,36H,7H2,1-6H3/b31-29+. The third-order valence-electron chi connectivity index (χ3n) is 7.36. The van der Waals surface area contributed by atoms with Gasteiger partial charge in [0.25, 0.3) is 11.7 Å². The van der Waals surface area contributed by atoms with E-state index in [0.717, 1.165) is 38.9 Å². The van der Waals surface area contributed by atoms with E-state index in [1.54, 1.807) is 6.07 Å². The van der Waals surface area contributed by atoms with Gasteiger partial charge in [-0.25, -0.2) is 0 Å². The molecule has 0 bridgehead atoms. The Morgan fingerprint density at radius 3 is 2.36 bits per heavy atom. The van der Waals surface area contributed by atoms with Gasteiger partial charge in [-0.15, -0.1) is 0 Å². The molecule has 1 unspecified atom stereocenters. The number of hydrogen-bond acceptors (Lipinski definition) is 4. The summed E-state index contributed by atoms with van der Waals surface area (Å²) in [6, 6.07) is 18.4. The molecule has 1 aliphatic heterocycles. The Balaban J connectivity index is 1.79. The predicted octanol–water partition coefficient (Wildman–Crippen LogP) is 6.94. The number of ketones is 1. The molecule has 1 aromatic heterocycles. The van der Waals surface area contributed by atoms with Crippen molar-refractivity contribution in [3.8, 4) is 5.75 Å². The lowest BCUT2D eigenvalue weighted by Crippen LogP contribution is -2.29. The lowest BCUT2D eigenvalue weighted by Gasteiger charge is -2.26. The van der Waals surface area contributed by atoms with Gasteiger partial charge < -0.3 is 14.4 Å². The van der Waals surface area contributed by atoms with Gasteiger partial charge in [-0.2, -0.15) is 0 Å². The van der Waals surface area contributed by atoms with Crippen molar-refractivity contribution in [2.24, 2.45) is 7.05 Å². The summed E-state index contributed by atoms with van der Waals surface area (Å²) in [4.78, 5) is 29.0. The Morgan fingerprint density at radius 1 is 1.00 bits per heavy atom. The molecule has 6 nitrogen and oxygen atoms in total. The number of Topliss-reactive ketones (excluding diaryl/α,β-unsaturated/α-hetero) is 1. The van der Waals surface area contributed by atoms with Crippen molar-refractivity contribution in [3.63, 3.8) is 0 Å². The van der Waals surface area contributed by atoms with Crippen LogP contribution in [0.15, 0.2) is 72.4 Å². The molecular formula is C33H34N2O4. The van der Waals surface area contributed by atoms with E-state index in [0.29, 0.717) is 17.9 Å². The number of para-hydroxylation sites is 1. The Morgan fingerprint density at radius 2 is 1.69 bits per heavy atom. The first-order chi connectivity index (χ1) is 18.6. The predicted molar refractivity (Wildman–Crippen MR) is 155 cm³/mol. The average molecular weight is 523 g/mol. The van der Waals surface area contributed by atoms with E-state index in [4.69, 9.17) is 4.74 Å². The summed E-state index contributed by atoms with van der Waals surface area (Å²) in [5.41, 5.74) is 5.82. The minimum atomic E-state index is -0.800. The minimum Gasteiger partial charge on any atom is -0.507 e. The maximum atomic E-state index is 13.7. The molecule has 6 heteroatoms. The number of aromatic nitrogens is 1. The van der Waals surface area contributed by atoms with Crippen molar-refractivity contribution < 1.29 is 19.4 Å². The van der Waals surface area contributed by atoms with Crippen LogP contribution in [0.5, 0.6) is 5.75 Å². The number of aliphatic hydroxyl groups is 1. The van der Waals surface area contributed by atoms with E-state index >= 15 is 0 Å². The van der Waals surface area contributed by atoms with Crippen LogP contribution in [0.2, 0.25) is 0 Å². The normalized spacial score (nSPS) is 17.0. The van der Waals surface area contributed by atoms with Crippen LogP contribution in [-0.2, 0) is 16.6 Å². The van der Waals surface area contributed by atoms with Crippen molar-refractivity contribution in [2.45, 2.75) is 46.6 Å². The summed E-state index contributed by atoms with van der Waals surface area (Å²) in [5.74, 6) is -0.682. The molecule has 1 atom stereocenters. The molecular weight excluding hydrogens is 488 g/mol. The molecule has 0 spiro atoms. The van der Waals surface area contributed by atoms with Crippen molar-refractivity contribution in [2.75, 3.05) is 11.5 Å². The summed E-state index contributed by atoms with van der Waals surface area (Å²) in [6.45, 7) is 10.5. The highest BCUT2D eigenvalue weighted by atomic mass is 16.5. The van der Waals surface area contributed by atoms with Gasteiger partial charge in [0, 0.05) is 41.0 Å². The smallest absolute Gasteiger partial charge is 0.300 e. The largest absolute Gasteiger partial charge is 0.507 e. The zero-order valence-corrected chi connectivity index (χ0v) is 23.3. The quantitative estimate of drug-likeness (QED) is 0.169. The number of ether oxygens (including phenoxy) is 1. The number of anilines is 1. The van der Waals surface area contributed by atoms with Crippen molar-refractivity contribution in [1.82, 2.24) is 4.57 Å². The van der Waals surface area contributed by atoms with Crippen LogP contribution < -0.4 is 9.64 Å². The molecule has 39 heavy (non-hydrogen) atoms. The molecule has 0 aliphatic carbocycles. The summed E-state index contributed by atoms with van der Waals surface area (Å²) < 4.78 is 7.79. The number of rotatable bonds is 6. The number of carbonyl (C=O) groups excluding carboxylic acids is 2. The highest BCUT2D eigenvalue weighted by molar-refractivity contribution is 6.52. The van der Waals surface area contributed by atoms with Gasteiger partial charge in [-0.1, -0.05) is 38.1 Å². The highest BCUT2D eigenvalue weighted by Crippen LogP contribution is 2.45. The van der Waals surface area contributed by atoms with Gasteiger partial charge in [-0.3, -0.25) is 14.5 Å². The lowest BCUT2D eigenvalue weighted by molar-refractivity contribution is -0.132. The third-order valence-corrected chi connectivity index (χ3v) is 7.36. The zero-order chi connectivity index (χ0) is 28.0. The Hall–Kier alpha value is -4.32. The molecule has 1 saturated heterocycles. The Kier molecular flexibility index (Phi) is 6.81. The first-order valence-electron chi connectivity index (χ1n) is 13.3. The van der Waals surface area contributed by atoms with E-state index in [-0.39, 0.29) is 17.3 Å². The second-order valence-electron chi connectivity index (χ2n) is 10.6. The van der Waals surface area contributed by atoms with Crippen LogP contribution in [0.3, 0.4) is 0 Å². The van der Waals surface area contributed by atoms with E-state index < -0.39 is 17.7 Å². The highest BCUT2D eigenvalue weighted by Gasteiger charge is 2.48. The molecule has 1 aliphatic rings. The Bertz CT molecular complexity index is 1620. The monoisotopic (exact) mass is 522 g/mol. The van der Waals surface area contributed by atoms with Gasteiger partial charge in [0.05, 0.1) is 18.2 Å². The topological polar surface area (TPSA) is 71.8 Å². The molecule has 5 rings (SSSR count). The first kappa shape index (κ1) is 26.3. The van der Waals surface area contributed by atoms with Crippen LogP contribution >= 0.6 is 0 Å². The second kappa shape index (κ2) is 10.1. The fraction of sp³-hybridized carbons (Fsp3) is 0.273. The summed E-state index contributed by atoms with van der Waals surface area (Å²) in [7, 11) is 1.94. The van der Waals surface area contributed by atoms with Crippen molar-refractivity contribution in [3.05, 3.63) is 100 Å². The molecule has 0 radical (unpaired) electrons. The first-order valence-corrected chi connectivity index (χ1v) is 13.3. The fourth-order valence-corrected chi connectivity index (χ4v) is 5.66. The summed E-state index contributed by atoms with van der Waals surface area (Å²) >= 11 is 0.